The highest BCUT2D eigenvalue weighted by molar-refractivity contribution is 5.75. The number of rotatable bonds is 4. The van der Waals surface area contributed by atoms with Gasteiger partial charge in [-0.25, -0.2) is 9.18 Å². The maximum Gasteiger partial charge on any atom is 0.318 e. The molecule has 5 heteroatoms. The number of hydrogen-bond donors (Lipinski definition) is 2. The van der Waals surface area contributed by atoms with Gasteiger partial charge in [0.15, 0.2) is 0 Å². The summed E-state index contributed by atoms with van der Waals surface area (Å²) in [5.41, 5.74) is 1.62. The molecule has 2 atom stereocenters. The van der Waals surface area contributed by atoms with E-state index in [2.05, 4.69) is 12.2 Å². The third-order valence-electron chi connectivity index (χ3n) is 4.78. The summed E-state index contributed by atoms with van der Waals surface area (Å²) in [6, 6.07) is 5.04. The molecule has 2 unspecified atom stereocenters. The van der Waals surface area contributed by atoms with Crippen LogP contribution in [0.4, 0.5) is 9.18 Å². The van der Waals surface area contributed by atoms with E-state index in [1.54, 1.807) is 11.0 Å². The normalized spacial score (nSPS) is 23.8. The maximum atomic E-state index is 14.0. The highest BCUT2D eigenvalue weighted by atomic mass is 19.1. The van der Waals surface area contributed by atoms with Crippen molar-refractivity contribution in [3.8, 4) is 0 Å². The lowest BCUT2D eigenvalue weighted by Gasteiger charge is -2.34. The van der Waals surface area contributed by atoms with E-state index in [4.69, 9.17) is 5.11 Å². The first-order valence-electron chi connectivity index (χ1n) is 8.07. The molecule has 2 aliphatic rings. The minimum atomic E-state index is -0.182. The molecule has 22 heavy (non-hydrogen) atoms. The predicted octanol–water partition coefficient (Wildman–Crippen LogP) is 2.62. The molecular formula is C17H23FN2O2. The van der Waals surface area contributed by atoms with Gasteiger partial charge in [0.25, 0.3) is 0 Å². The molecule has 2 aliphatic carbocycles. The Bertz CT molecular complexity index is 560. The summed E-state index contributed by atoms with van der Waals surface area (Å²) in [4.78, 5) is 14.2. The summed E-state index contributed by atoms with van der Waals surface area (Å²) in [6.07, 6.45) is 3.58. The zero-order valence-electron chi connectivity index (χ0n) is 12.9. The minimum absolute atomic E-state index is 0.0324. The molecule has 1 aromatic rings. The van der Waals surface area contributed by atoms with Crippen LogP contribution in [0.2, 0.25) is 0 Å². The van der Waals surface area contributed by atoms with Gasteiger partial charge in [-0.2, -0.15) is 0 Å². The van der Waals surface area contributed by atoms with Crippen molar-refractivity contribution in [1.82, 2.24) is 10.2 Å². The molecule has 4 nitrogen and oxygen atoms in total. The van der Waals surface area contributed by atoms with Gasteiger partial charge in [0.1, 0.15) is 5.82 Å². The van der Waals surface area contributed by atoms with Crippen molar-refractivity contribution in [2.24, 2.45) is 5.92 Å². The second kappa shape index (κ2) is 6.24. The monoisotopic (exact) mass is 306 g/mol. The fraction of sp³-hybridized carbons (Fsp3) is 0.588. The van der Waals surface area contributed by atoms with Crippen molar-refractivity contribution in [2.75, 3.05) is 13.2 Å². The fourth-order valence-corrected chi connectivity index (χ4v) is 3.36. The van der Waals surface area contributed by atoms with Crippen molar-refractivity contribution in [3.05, 3.63) is 35.1 Å². The Morgan fingerprint density at radius 2 is 2.18 bits per heavy atom. The van der Waals surface area contributed by atoms with Gasteiger partial charge in [0.05, 0.1) is 12.6 Å². The molecule has 0 aromatic heterocycles. The second-order valence-corrected chi connectivity index (χ2v) is 6.40. The molecule has 0 heterocycles. The lowest BCUT2D eigenvalue weighted by atomic mass is 9.80. The highest BCUT2D eigenvalue weighted by Crippen LogP contribution is 2.36. The van der Waals surface area contributed by atoms with Crippen LogP contribution < -0.4 is 5.32 Å². The van der Waals surface area contributed by atoms with Gasteiger partial charge in [0.2, 0.25) is 0 Å². The van der Waals surface area contributed by atoms with E-state index in [1.807, 2.05) is 6.07 Å². The van der Waals surface area contributed by atoms with Crippen LogP contribution >= 0.6 is 0 Å². The Hall–Kier alpha value is -1.62. The summed E-state index contributed by atoms with van der Waals surface area (Å²) >= 11 is 0. The molecular weight excluding hydrogens is 283 g/mol. The summed E-state index contributed by atoms with van der Waals surface area (Å²) in [7, 11) is 0. The van der Waals surface area contributed by atoms with Crippen LogP contribution in [0.3, 0.4) is 0 Å². The molecule has 0 spiro atoms. The van der Waals surface area contributed by atoms with Crippen molar-refractivity contribution in [3.63, 3.8) is 0 Å². The van der Waals surface area contributed by atoms with Gasteiger partial charge in [-0.3, -0.25) is 0 Å². The second-order valence-electron chi connectivity index (χ2n) is 6.40. The van der Waals surface area contributed by atoms with E-state index in [0.29, 0.717) is 6.54 Å². The topological polar surface area (TPSA) is 52.6 Å². The Morgan fingerprint density at radius 1 is 1.41 bits per heavy atom. The number of halogens is 1. The number of benzene rings is 1. The quantitative estimate of drug-likeness (QED) is 0.898. The number of nitrogens with zero attached hydrogens (tertiary/aromatic N) is 1. The van der Waals surface area contributed by atoms with Crippen LogP contribution in [0.15, 0.2) is 18.2 Å². The lowest BCUT2D eigenvalue weighted by molar-refractivity contribution is 0.166. The number of hydrogen-bond acceptors (Lipinski definition) is 2. The highest BCUT2D eigenvalue weighted by Gasteiger charge is 2.35. The summed E-state index contributed by atoms with van der Waals surface area (Å²) in [5, 5.41) is 12.2. The number of aliphatic hydroxyl groups excluding tert-OH is 1. The first-order chi connectivity index (χ1) is 10.6. The SMILES string of the molecule is CC1CCc2c(F)cccc2C1NC(=O)N(CCO)C1CC1. The van der Waals surface area contributed by atoms with E-state index in [9.17, 15) is 9.18 Å². The predicted molar refractivity (Wildman–Crippen MR) is 82.0 cm³/mol. The zero-order chi connectivity index (χ0) is 15.7. The van der Waals surface area contributed by atoms with Crippen LogP contribution in [0, 0.1) is 11.7 Å². The summed E-state index contributed by atoms with van der Waals surface area (Å²) in [6.45, 7) is 2.41. The number of aliphatic hydroxyl groups is 1. The van der Waals surface area contributed by atoms with Crippen molar-refractivity contribution in [1.29, 1.82) is 0 Å². The largest absolute Gasteiger partial charge is 0.395 e. The molecule has 1 saturated carbocycles. The molecule has 0 saturated heterocycles. The minimum Gasteiger partial charge on any atom is -0.395 e. The average molecular weight is 306 g/mol. The maximum absolute atomic E-state index is 14.0. The van der Waals surface area contributed by atoms with E-state index >= 15 is 0 Å². The van der Waals surface area contributed by atoms with Gasteiger partial charge in [-0.1, -0.05) is 19.1 Å². The number of carbonyl (C=O) groups is 1. The smallest absolute Gasteiger partial charge is 0.318 e. The van der Waals surface area contributed by atoms with Gasteiger partial charge < -0.3 is 15.3 Å². The number of carbonyl (C=O) groups excluding carboxylic acids is 1. The van der Waals surface area contributed by atoms with Gasteiger partial charge in [0, 0.05) is 12.6 Å². The van der Waals surface area contributed by atoms with Crippen LogP contribution in [-0.2, 0) is 6.42 Å². The molecule has 0 aliphatic heterocycles. The molecule has 2 amide bonds. The zero-order valence-corrected chi connectivity index (χ0v) is 12.9. The number of amides is 2. The third-order valence-corrected chi connectivity index (χ3v) is 4.78. The Balaban J connectivity index is 1.79. The van der Waals surface area contributed by atoms with Crippen molar-refractivity contribution in [2.45, 2.75) is 44.7 Å². The van der Waals surface area contributed by atoms with Crippen LogP contribution in [0.1, 0.15) is 43.4 Å². The standard InChI is InChI=1S/C17H23FN2O2/c1-11-5-8-13-14(3-2-4-15(13)18)16(11)19-17(22)20(9-10-21)12-6-7-12/h2-4,11-12,16,21H,5-10H2,1H3,(H,19,22). The van der Waals surface area contributed by atoms with E-state index in [-0.39, 0.29) is 36.5 Å². The fourth-order valence-electron chi connectivity index (χ4n) is 3.36. The van der Waals surface area contributed by atoms with Gasteiger partial charge in [-0.15, -0.1) is 0 Å². The van der Waals surface area contributed by atoms with Gasteiger partial charge in [-0.05, 0) is 48.8 Å². The number of fused-ring (bicyclic) bond motifs is 1. The average Bonchev–Trinajstić information content (AvgIpc) is 3.32. The number of nitrogens with one attached hydrogen (secondary N) is 1. The van der Waals surface area contributed by atoms with Crippen LogP contribution in [0.25, 0.3) is 0 Å². The van der Waals surface area contributed by atoms with E-state index in [0.717, 1.165) is 36.8 Å². The lowest BCUT2D eigenvalue weighted by Crippen LogP contribution is -2.46. The Kier molecular flexibility index (Phi) is 4.34. The van der Waals surface area contributed by atoms with E-state index < -0.39 is 0 Å². The van der Waals surface area contributed by atoms with Crippen molar-refractivity contribution < 1.29 is 14.3 Å². The third kappa shape index (κ3) is 2.95. The Labute approximate surface area is 130 Å². The molecule has 3 rings (SSSR count). The molecule has 0 radical (unpaired) electrons. The van der Waals surface area contributed by atoms with Gasteiger partial charge >= 0.3 is 6.03 Å². The molecule has 1 aromatic carbocycles. The molecule has 120 valence electrons. The molecule has 1 fully saturated rings. The Morgan fingerprint density at radius 3 is 2.86 bits per heavy atom. The molecule has 2 N–H and O–H groups in total. The summed E-state index contributed by atoms with van der Waals surface area (Å²) < 4.78 is 14.0. The van der Waals surface area contributed by atoms with Crippen molar-refractivity contribution >= 4 is 6.03 Å². The van der Waals surface area contributed by atoms with Crippen LogP contribution in [-0.4, -0.2) is 35.2 Å². The first-order valence-corrected chi connectivity index (χ1v) is 8.07. The summed E-state index contributed by atoms with van der Waals surface area (Å²) in [5.74, 6) is 0.0893. The number of urea groups is 1. The van der Waals surface area contributed by atoms with E-state index in [1.165, 1.54) is 6.07 Å². The first kappa shape index (κ1) is 15.3. The van der Waals surface area contributed by atoms with Crippen LogP contribution in [0.5, 0.6) is 0 Å². The molecule has 0 bridgehead atoms.